The van der Waals surface area contributed by atoms with E-state index in [9.17, 15) is 4.79 Å². The van der Waals surface area contributed by atoms with Crippen LogP contribution in [0.1, 0.15) is 86.1 Å². The third-order valence-electron chi connectivity index (χ3n) is 7.58. The SMILES string of the molecule is CCOC(=O)C1(c2cc(C(C)CC)on2)CCN=C(CNc2c3c(cc4c2CCC4)CCC3)O1. The minimum absolute atomic E-state index is 0.209. The smallest absolute Gasteiger partial charge is 0.357 e. The van der Waals surface area contributed by atoms with Crippen molar-refractivity contribution >= 4 is 17.6 Å². The van der Waals surface area contributed by atoms with Gasteiger partial charge in [-0.25, -0.2) is 4.79 Å². The molecule has 7 nitrogen and oxygen atoms in total. The minimum atomic E-state index is -1.33. The molecule has 2 aromatic rings. The second-order valence-electron chi connectivity index (χ2n) is 9.69. The number of nitrogens with zero attached hydrogens (tertiary/aromatic N) is 2. The average molecular weight is 466 g/mol. The molecule has 5 rings (SSSR count). The van der Waals surface area contributed by atoms with Crippen LogP contribution in [-0.2, 0) is 45.6 Å². The topological polar surface area (TPSA) is 86.0 Å². The molecule has 34 heavy (non-hydrogen) atoms. The zero-order chi connectivity index (χ0) is 23.7. The summed E-state index contributed by atoms with van der Waals surface area (Å²) in [4.78, 5) is 17.8. The first-order valence-electron chi connectivity index (χ1n) is 12.8. The normalized spacial score (nSPS) is 21.9. The molecular weight excluding hydrogens is 430 g/mol. The number of aliphatic imine (C=N–C) groups is 1. The molecule has 7 heteroatoms. The van der Waals surface area contributed by atoms with Crippen LogP contribution >= 0.6 is 0 Å². The Morgan fingerprint density at radius 2 is 1.88 bits per heavy atom. The Bertz CT molecular complexity index is 1070. The van der Waals surface area contributed by atoms with E-state index in [4.69, 9.17) is 14.0 Å². The highest BCUT2D eigenvalue weighted by atomic mass is 16.6. The third-order valence-corrected chi connectivity index (χ3v) is 7.58. The molecular formula is C27H35N3O4. The van der Waals surface area contributed by atoms with Crippen molar-refractivity contribution in [2.75, 3.05) is 25.0 Å². The molecule has 2 unspecified atom stereocenters. The molecule has 2 atom stereocenters. The number of nitrogens with one attached hydrogen (secondary N) is 1. The summed E-state index contributed by atoms with van der Waals surface area (Å²) in [7, 11) is 0. The van der Waals surface area contributed by atoms with E-state index in [2.05, 4.69) is 35.4 Å². The Morgan fingerprint density at radius 3 is 2.56 bits per heavy atom. The molecule has 2 aliphatic carbocycles. The first kappa shape index (κ1) is 22.9. The van der Waals surface area contributed by atoms with Crippen molar-refractivity contribution in [1.82, 2.24) is 5.16 Å². The van der Waals surface area contributed by atoms with Gasteiger partial charge in [0.25, 0.3) is 5.60 Å². The van der Waals surface area contributed by atoms with Crippen molar-refractivity contribution in [1.29, 1.82) is 0 Å². The number of fused-ring (bicyclic) bond motifs is 2. The van der Waals surface area contributed by atoms with Gasteiger partial charge in [0.05, 0.1) is 13.2 Å². The van der Waals surface area contributed by atoms with Gasteiger partial charge in [0.1, 0.15) is 11.5 Å². The Hall–Kier alpha value is -2.83. The van der Waals surface area contributed by atoms with Gasteiger partial charge in [0.15, 0.2) is 0 Å². The van der Waals surface area contributed by atoms with Crippen LogP contribution in [0.3, 0.4) is 0 Å². The van der Waals surface area contributed by atoms with E-state index < -0.39 is 11.6 Å². The molecule has 1 aromatic heterocycles. The number of rotatable bonds is 8. The van der Waals surface area contributed by atoms with Crippen LogP contribution in [0.15, 0.2) is 21.6 Å². The zero-order valence-corrected chi connectivity index (χ0v) is 20.5. The van der Waals surface area contributed by atoms with Crippen LogP contribution in [0.5, 0.6) is 0 Å². The van der Waals surface area contributed by atoms with E-state index in [1.165, 1.54) is 40.8 Å². The Balaban J connectivity index is 1.40. The standard InChI is InChI=1S/C27H35N3O4/c1-4-17(3)22-15-23(30-34-22)27(26(31)32-5-2)12-13-28-24(33-27)16-29-25-20-10-6-8-18(20)14-19-9-7-11-21(19)25/h14-15,17,29H,4-13,16H2,1-3H3. The highest BCUT2D eigenvalue weighted by Gasteiger charge is 2.49. The van der Waals surface area contributed by atoms with Crippen LogP contribution in [0.25, 0.3) is 0 Å². The molecule has 1 N–H and O–H groups in total. The van der Waals surface area contributed by atoms with E-state index in [-0.39, 0.29) is 12.5 Å². The van der Waals surface area contributed by atoms with Gasteiger partial charge in [-0.05, 0) is 74.1 Å². The lowest BCUT2D eigenvalue weighted by Crippen LogP contribution is -2.46. The lowest BCUT2D eigenvalue weighted by molar-refractivity contribution is -0.166. The molecule has 0 saturated carbocycles. The molecule has 0 radical (unpaired) electrons. The Morgan fingerprint density at radius 1 is 1.15 bits per heavy atom. The summed E-state index contributed by atoms with van der Waals surface area (Å²) in [5.41, 5.74) is 6.26. The maximum Gasteiger partial charge on any atom is 0.357 e. The van der Waals surface area contributed by atoms with E-state index in [1.54, 1.807) is 6.92 Å². The molecule has 3 aliphatic rings. The van der Waals surface area contributed by atoms with Crippen LogP contribution in [0.4, 0.5) is 5.69 Å². The number of ether oxygens (including phenoxy) is 2. The number of aromatic nitrogens is 1. The second kappa shape index (κ2) is 9.43. The summed E-state index contributed by atoms with van der Waals surface area (Å²) in [6.07, 6.45) is 8.26. The second-order valence-corrected chi connectivity index (χ2v) is 9.69. The number of carbonyl (C=O) groups excluding carboxylic acids is 1. The summed E-state index contributed by atoms with van der Waals surface area (Å²) < 4.78 is 17.4. The van der Waals surface area contributed by atoms with Gasteiger partial charge in [0.2, 0.25) is 5.90 Å². The highest BCUT2D eigenvalue weighted by molar-refractivity contribution is 5.89. The van der Waals surface area contributed by atoms with Crippen LogP contribution < -0.4 is 5.32 Å². The fourth-order valence-electron chi connectivity index (χ4n) is 5.50. The Labute approximate surface area is 201 Å². The lowest BCUT2D eigenvalue weighted by Gasteiger charge is -2.33. The summed E-state index contributed by atoms with van der Waals surface area (Å²) >= 11 is 0. The highest BCUT2D eigenvalue weighted by Crippen LogP contribution is 2.39. The van der Waals surface area contributed by atoms with Gasteiger partial charge in [-0.1, -0.05) is 25.1 Å². The minimum Gasteiger partial charge on any atom is -0.463 e. The predicted molar refractivity (Wildman–Crippen MR) is 131 cm³/mol. The molecule has 0 bridgehead atoms. The average Bonchev–Trinajstić information content (AvgIpc) is 3.62. The fourth-order valence-corrected chi connectivity index (χ4v) is 5.50. The van der Waals surface area contributed by atoms with Crippen molar-refractivity contribution < 1.29 is 18.8 Å². The molecule has 1 aromatic carbocycles. The molecule has 182 valence electrons. The van der Waals surface area contributed by atoms with Crippen molar-refractivity contribution in [3.63, 3.8) is 0 Å². The molecule has 2 heterocycles. The largest absolute Gasteiger partial charge is 0.463 e. The molecule has 0 fully saturated rings. The number of hydrogen-bond acceptors (Lipinski definition) is 7. The van der Waals surface area contributed by atoms with E-state index >= 15 is 0 Å². The van der Waals surface area contributed by atoms with Crippen LogP contribution in [0.2, 0.25) is 0 Å². The molecule has 0 spiro atoms. The number of aryl methyl sites for hydroxylation is 2. The van der Waals surface area contributed by atoms with Crippen molar-refractivity contribution in [2.24, 2.45) is 4.99 Å². The first-order valence-corrected chi connectivity index (χ1v) is 12.8. The van der Waals surface area contributed by atoms with Crippen LogP contribution in [0, 0.1) is 0 Å². The predicted octanol–water partition coefficient (Wildman–Crippen LogP) is 4.85. The van der Waals surface area contributed by atoms with Gasteiger partial charge in [-0.2, -0.15) is 0 Å². The lowest BCUT2D eigenvalue weighted by atomic mass is 9.92. The van der Waals surface area contributed by atoms with Crippen LogP contribution in [-0.4, -0.2) is 36.7 Å². The number of benzene rings is 1. The maximum atomic E-state index is 13.2. The monoisotopic (exact) mass is 465 g/mol. The molecule has 0 amide bonds. The maximum absolute atomic E-state index is 13.2. The number of hydrogen-bond donors (Lipinski definition) is 1. The summed E-state index contributed by atoms with van der Waals surface area (Å²) in [6.45, 7) is 7.14. The van der Waals surface area contributed by atoms with Gasteiger partial charge in [0, 0.05) is 30.6 Å². The van der Waals surface area contributed by atoms with Crippen molar-refractivity contribution in [3.8, 4) is 0 Å². The zero-order valence-electron chi connectivity index (χ0n) is 20.5. The van der Waals surface area contributed by atoms with Crippen molar-refractivity contribution in [2.45, 2.75) is 83.7 Å². The van der Waals surface area contributed by atoms with Gasteiger partial charge < -0.3 is 19.3 Å². The van der Waals surface area contributed by atoms with E-state index in [0.717, 1.165) is 37.9 Å². The molecule has 0 saturated heterocycles. The molecule has 1 aliphatic heterocycles. The van der Waals surface area contributed by atoms with E-state index in [1.807, 2.05) is 6.07 Å². The van der Waals surface area contributed by atoms with Gasteiger partial charge in [-0.15, -0.1) is 0 Å². The summed E-state index contributed by atoms with van der Waals surface area (Å²) in [6, 6.07) is 4.27. The third kappa shape index (κ3) is 3.99. The number of carbonyl (C=O) groups is 1. The van der Waals surface area contributed by atoms with Crippen molar-refractivity contribution in [3.05, 3.63) is 45.8 Å². The van der Waals surface area contributed by atoms with Gasteiger partial charge >= 0.3 is 5.97 Å². The summed E-state index contributed by atoms with van der Waals surface area (Å²) in [5, 5.41) is 7.91. The Kier molecular flexibility index (Phi) is 6.36. The first-order chi connectivity index (χ1) is 16.6. The summed E-state index contributed by atoms with van der Waals surface area (Å²) in [5.74, 6) is 1.03. The number of esters is 1. The van der Waals surface area contributed by atoms with Gasteiger partial charge in [-0.3, -0.25) is 4.99 Å². The van der Waals surface area contributed by atoms with E-state index in [0.29, 0.717) is 31.1 Å². The quantitative estimate of drug-likeness (QED) is 0.561. The fraction of sp³-hybridized carbons (Fsp3) is 0.593. The number of anilines is 1.